The summed E-state index contributed by atoms with van der Waals surface area (Å²) in [7, 11) is 1.68. The van der Waals surface area contributed by atoms with Gasteiger partial charge in [0.1, 0.15) is 11.6 Å². The lowest BCUT2D eigenvalue weighted by Crippen LogP contribution is -2.29. The van der Waals surface area contributed by atoms with Gasteiger partial charge in [-0.15, -0.1) is 0 Å². The Balaban J connectivity index is 2.39. The van der Waals surface area contributed by atoms with Crippen LogP contribution >= 0.6 is 0 Å². The van der Waals surface area contributed by atoms with E-state index in [0.29, 0.717) is 12.5 Å². The smallest absolute Gasteiger partial charge is 0.134 e. The second-order valence-electron chi connectivity index (χ2n) is 4.86. The highest BCUT2D eigenvalue weighted by Crippen LogP contribution is 2.29. The number of hydrogen-bond donors (Lipinski definition) is 2. The van der Waals surface area contributed by atoms with E-state index >= 15 is 0 Å². The third-order valence-electron chi connectivity index (χ3n) is 3.58. The van der Waals surface area contributed by atoms with Gasteiger partial charge in [-0.2, -0.15) is 0 Å². The van der Waals surface area contributed by atoms with Crippen LogP contribution in [0.25, 0.3) is 10.8 Å². The maximum Gasteiger partial charge on any atom is 0.134 e. The van der Waals surface area contributed by atoms with Crippen LogP contribution in [-0.2, 0) is 0 Å². The summed E-state index contributed by atoms with van der Waals surface area (Å²) in [5.74, 6) is 2.13. The van der Waals surface area contributed by atoms with E-state index < -0.39 is 0 Å². The van der Waals surface area contributed by atoms with Crippen molar-refractivity contribution in [3.8, 4) is 5.75 Å². The maximum atomic E-state index is 5.70. The molecule has 19 heavy (non-hydrogen) atoms. The van der Waals surface area contributed by atoms with Gasteiger partial charge in [-0.25, -0.2) is 4.98 Å². The highest BCUT2D eigenvalue weighted by Gasteiger charge is 2.13. The normalized spacial score (nSPS) is 14.1. The van der Waals surface area contributed by atoms with E-state index in [4.69, 9.17) is 10.5 Å². The van der Waals surface area contributed by atoms with Crippen LogP contribution in [-0.4, -0.2) is 24.7 Å². The lowest BCUT2D eigenvalue weighted by atomic mass is 10.0. The summed E-state index contributed by atoms with van der Waals surface area (Å²) in [6, 6.07) is 8.22. The number of anilines is 1. The second kappa shape index (κ2) is 5.89. The van der Waals surface area contributed by atoms with Crippen LogP contribution < -0.4 is 15.8 Å². The molecule has 0 aliphatic heterocycles. The van der Waals surface area contributed by atoms with Crippen molar-refractivity contribution >= 4 is 16.6 Å². The number of methoxy groups -OCH3 is 1. The summed E-state index contributed by atoms with van der Waals surface area (Å²) in [6.07, 6.45) is 1.80. The summed E-state index contributed by atoms with van der Waals surface area (Å²) in [4.78, 5) is 4.43. The minimum absolute atomic E-state index is 0.273. The maximum absolute atomic E-state index is 5.70. The van der Waals surface area contributed by atoms with Gasteiger partial charge in [0.2, 0.25) is 0 Å². The monoisotopic (exact) mass is 259 g/mol. The van der Waals surface area contributed by atoms with E-state index in [-0.39, 0.29) is 6.04 Å². The third kappa shape index (κ3) is 2.79. The molecule has 2 aromatic rings. The molecule has 3 N–H and O–H groups in total. The predicted octanol–water partition coefficient (Wildman–Crippen LogP) is 2.64. The third-order valence-corrected chi connectivity index (χ3v) is 3.58. The first-order valence-electron chi connectivity index (χ1n) is 6.55. The van der Waals surface area contributed by atoms with Gasteiger partial charge in [0.25, 0.3) is 0 Å². The van der Waals surface area contributed by atoms with Crippen molar-refractivity contribution in [1.82, 2.24) is 4.98 Å². The first-order valence-corrected chi connectivity index (χ1v) is 6.55. The SMILES string of the molecule is COc1cccc2c(NC(C)C(C)CN)nccc12. The standard InChI is InChI=1S/C15H21N3O/c1-10(9-16)11(2)18-15-13-5-4-6-14(19-3)12(13)7-8-17-15/h4-8,10-11H,9,16H2,1-3H3,(H,17,18). The molecule has 2 unspecified atom stereocenters. The molecule has 2 rings (SSSR count). The summed E-state index contributed by atoms with van der Waals surface area (Å²) in [5.41, 5.74) is 5.70. The van der Waals surface area contributed by atoms with Gasteiger partial charge in [-0.05, 0) is 31.5 Å². The second-order valence-corrected chi connectivity index (χ2v) is 4.86. The first kappa shape index (κ1) is 13.6. The fourth-order valence-electron chi connectivity index (χ4n) is 2.03. The van der Waals surface area contributed by atoms with Gasteiger partial charge >= 0.3 is 0 Å². The van der Waals surface area contributed by atoms with Gasteiger partial charge in [0.05, 0.1) is 7.11 Å². The number of ether oxygens (including phenoxy) is 1. The number of nitrogens with zero attached hydrogens (tertiary/aromatic N) is 1. The Hall–Kier alpha value is -1.81. The zero-order valence-corrected chi connectivity index (χ0v) is 11.7. The van der Waals surface area contributed by atoms with Crippen LogP contribution in [0.15, 0.2) is 30.5 Å². The molecule has 1 heterocycles. The van der Waals surface area contributed by atoms with E-state index in [1.165, 1.54) is 0 Å². The highest BCUT2D eigenvalue weighted by atomic mass is 16.5. The summed E-state index contributed by atoms with van der Waals surface area (Å²) >= 11 is 0. The number of benzene rings is 1. The zero-order valence-electron chi connectivity index (χ0n) is 11.7. The van der Waals surface area contributed by atoms with E-state index in [2.05, 4.69) is 24.1 Å². The lowest BCUT2D eigenvalue weighted by Gasteiger charge is -2.21. The van der Waals surface area contributed by atoms with Crippen LogP contribution in [0.3, 0.4) is 0 Å². The molecule has 4 nitrogen and oxygen atoms in total. The average Bonchev–Trinajstić information content (AvgIpc) is 2.46. The van der Waals surface area contributed by atoms with Crippen LogP contribution in [0.4, 0.5) is 5.82 Å². The highest BCUT2D eigenvalue weighted by molar-refractivity contribution is 5.95. The van der Waals surface area contributed by atoms with Gasteiger partial charge < -0.3 is 15.8 Å². The molecule has 0 aliphatic carbocycles. The molecule has 0 radical (unpaired) electrons. The Bertz CT molecular complexity index is 556. The summed E-state index contributed by atoms with van der Waals surface area (Å²) in [5, 5.41) is 5.57. The summed E-state index contributed by atoms with van der Waals surface area (Å²) in [6.45, 7) is 4.91. The van der Waals surface area contributed by atoms with Crippen molar-refractivity contribution in [1.29, 1.82) is 0 Å². The zero-order chi connectivity index (χ0) is 13.8. The van der Waals surface area contributed by atoms with Gasteiger partial charge in [0.15, 0.2) is 0 Å². The van der Waals surface area contributed by atoms with Crippen molar-refractivity contribution in [3.05, 3.63) is 30.5 Å². The molecule has 0 bridgehead atoms. The number of nitrogens with two attached hydrogens (primary N) is 1. The number of hydrogen-bond acceptors (Lipinski definition) is 4. The Morgan fingerprint density at radius 2 is 2.05 bits per heavy atom. The van der Waals surface area contributed by atoms with Gasteiger partial charge in [-0.1, -0.05) is 19.1 Å². The van der Waals surface area contributed by atoms with Gasteiger partial charge in [0, 0.05) is 23.0 Å². The minimum Gasteiger partial charge on any atom is -0.496 e. The minimum atomic E-state index is 0.273. The van der Waals surface area contributed by atoms with E-state index in [1.807, 2.05) is 24.3 Å². The molecule has 1 aromatic heterocycles. The molecule has 0 spiro atoms. The fourth-order valence-corrected chi connectivity index (χ4v) is 2.03. The van der Waals surface area contributed by atoms with E-state index in [0.717, 1.165) is 22.3 Å². The van der Waals surface area contributed by atoms with Crippen molar-refractivity contribution in [2.75, 3.05) is 19.0 Å². The molecule has 0 aliphatic rings. The van der Waals surface area contributed by atoms with Crippen LogP contribution in [0.2, 0.25) is 0 Å². The fraction of sp³-hybridized carbons (Fsp3) is 0.400. The van der Waals surface area contributed by atoms with E-state index in [1.54, 1.807) is 13.3 Å². The molecule has 4 heteroatoms. The largest absolute Gasteiger partial charge is 0.496 e. The van der Waals surface area contributed by atoms with Crippen LogP contribution in [0.5, 0.6) is 5.75 Å². The number of nitrogens with one attached hydrogen (secondary N) is 1. The van der Waals surface area contributed by atoms with Crippen LogP contribution in [0, 0.1) is 5.92 Å². The molecule has 0 saturated carbocycles. The predicted molar refractivity (Wildman–Crippen MR) is 79.6 cm³/mol. The lowest BCUT2D eigenvalue weighted by molar-refractivity contribution is 0.420. The first-order chi connectivity index (χ1) is 9.17. The molecule has 2 atom stereocenters. The molecule has 0 saturated heterocycles. The Kier molecular flexibility index (Phi) is 4.22. The quantitative estimate of drug-likeness (QED) is 0.866. The molecular formula is C15H21N3O. The van der Waals surface area contributed by atoms with Crippen LogP contribution in [0.1, 0.15) is 13.8 Å². The molecule has 0 fully saturated rings. The Labute approximate surface area is 114 Å². The Morgan fingerprint density at radius 3 is 2.74 bits per heavy atom. The number of pyridine rings is 1. The number of aromatic nitrogens is 1. The average molecular weight is 259 g/mol. The molecule has 102 valence electrons. The van der Waals surface area contributed by atoms with Crippen molar-refractivity contribution in [3.63, 3.8) is 0 Å². The summed E-state index contributed by atoms with van der Waals surface area (Å²) < 4.78 is 5.38. The Morgan fingerprint density at radius 1 is 1.26 bits per heavy atom. The number of fused-ring (bicyclic) bond motifs is 1. The van der Waals surface area contributed by atoms with E-state index in [9.17, 15) is 0 Å². The topological polar surface area (TPSA) is 60.2 Å². The molecule has 0 amide bonds. The van der Waals surface area contributed by atoms with Crippen molar-refractivity contribution in [2.24, 2.45) is 11.7 Å². The molecule has 1 aromatic carbocycles. The number of rotatable bonds is 5. The molecular weight excluding hydrogens is 238 g/mol. The van der Waals surface area contributed by atoms with Crippen molar-refractivity contribution < 1.29 is 4.74 Å². The van der Waals surface area contributed by atoms with Crippen molar-refractivity contribution in [2.45, 2.75) is 19.9 Å². The van der Waals surface area contributed by atoms with Gasteiger partial charge in [-0.3, -0.25) is 0 Å².